The average molecular weight is 269 g/mol. The van der Waals surface area contributed by atoms with Gasteiger partial charge in [0.15, 0.2) is 0 Å². The normalized spacial score (nSPS) is 11.5. The molecule has 0 bridgehead atoms. The predicted molar refractivity (Wildman–Crippen MR) is 78.0 cm³/mol. The number of nitrogens with two attached hydrogens (primary N) is 1. The summed E-state index contributed by atoms with van der Waals surface area (Å²) in [4.78, 5) is 14.8. The fourth-order valence-corrected chi connectivity index (χ4v) is 2.73. The van der Waals surface area contributed by atoms with Gasteiger partial charge in [0.1, 0.15) is 4.88 Å². The van der Waals surface area contributed by atoms with Crippen molar-refractivity contribution in [3.8, 4) is 0 Å². The number of amides is 1. The maximum Gasteiger partial charge on any atom is 0.263 e. The standard InChI is InChI=1S/C13H23N3OS/c1-9(2)16(10(3)4)7-6-15-13(17)12-11(14)5-8-18-12/h5,8-10H,6-7,14H2,1-4H3,(H,15,17). The highest BCUT2D eigenvalue weighted by Gasteiger charge is 2.14. The first kappa shape index (κ1) is 15.0. The molecule has 0 aliphatic rings. The molecule has 4 nitrogen and oxygen atoms in total. The number of nitrogen functional groups attached to an aromatic ring is 1. The lowest BCUT2D eigenvalue weighted by Gasteiger charge is -2.30. The molecule has 0 saturated carbocycles. The van der Waals surface area contributed by atoms with E-state index >= 15 is 0 Å². The van der Waals surface area contributed by atoms with Crippen LogP contribution in [-0.4, -0.2) is 36.0 Å². The first-order valence-electron chi connectivity index (χ1n) is 6.30. The molecule has 0 unspecified atom stereocenters. The van der Waals surface area contributed by atoms with Crippen molar-refractivity contribution in [1.29, 1.82) is 0 Å². The van der Waals surface area contributed by atoms with Crippen molar-refractivity contribution >= 4 is 22.9 Å². The van der Waals surface area contributed by atoms with E-state index in [4.69, 9.17) is 5.73 Å². The molecule has 0 fully saturated rings. The van der Waals surface area contributed by atoms with Crippen LogP contribution < -0.4 is 11.1 Å². The minimum absolute atomic E-state index is 0.0741. The molecule has 5 heteroatoms. The van der Waals surface area contributed by atoms with Gasteiger partial charge in [0.2, 0.25) is 0 Å². The predicted octanol–water partition coefficient (Wildman–Crippen LogP) is 2.18. The maximum absolute atomic E-state index is 11.8. The summed E-state index contributed by atoms with van der Waals surface area (Å²) in [5, 5.41) is 4.75. The molecule has 0 saturated heterocycles. The van der Waals surface area contributed by atoms with Gasteiger partial charge in [0, 0.05) is 25.2 Å². The maximum atomic E-state index is 11.8. The van der Waals surface area contributed by atoms with Crippen molar-refractivity contribution in [2.75, 3.05) is 18.8 Å². The summed E-state index contributed by atoms with van der Waals surface area (Å²) < 4.78 is 0. The van der Waals surface area contributed by atoms with E-state index in [1.54, 1.807) is 6.07 Å². The molecule has 0 aromatic carbocycles. The highest BCUT2D eigenvalue weighted by molar-refractivity contribution is 7.12. The lowest BCUT2D eigenvalue weighted by Crippen LogP contribution is -2.42. The van der Waals surface area contributed by atoms with Gasteiger partial charge < -0.3 is 11.1 Å². The molecule has 3 N–H and O–H groups in total. The van der Waals surface area contributed by atoms with E-state index in [2.05, 4.69) is 37.9 Å². The summed E-state index contributed by atoms with van der Waals surface area (Å²) in [7, 11) is 0. The van der Waals surface area contributed by atoms with Crippen LogP contribution in [0.15, 0.2) is 11.4 Å². The molecule has 0 spiro atoms. The van der Waals surface area contributed by atoms with E-state index in [1.807, 2.05) is 5.38 Å². The minimum atomic E-state index is -0.0741. The molecule has 0 radical (unpaired) electrons. The van der Waals surface area contributed by atoms with Crippen molar-refractivity contribution in [3.63, 3.8) is 0 Å². The van der Waals surface area contributed by atoms with Gasteiger partial charge in [0.25, 0.3) is 5.91 Å². The van der Waals surface area contributed by atoms with E-state index < -0.39 is 0 Å². The van der Waals surface area contributed by atoms with Crippen molar-refractivity contribution in [2.45, 2.75) is 39.8 Å². The lowest BCUT2D eigenvalue weighted by molar-refractivity contribution is 0.0944. The Morgan fingerprint density at radius 3 is 2.44 bits per heavy atom. The number of hydrogen-bond donors (Lipinski definition) is 2. The Morgan fingerprint density at radius 2 is 2.00 bits per heavy atom. The zero-order valence-electron chi connectivity index (χ0n) is 11.6. The third-order valence-corrected chi connectivity index (χ3v) is 3.81. The smallest absolute Gasteiger partial charge is 0.263 e. The van der Waals surface area contributed by atoms with Crippen LogP contribution in [0.3, 0.4) is 0 Å². The molecule has 0 aliphatic heterocycles. The third kappa shape index (κ3) is 3.99. The SMILES string of the molecule is CC(C)N(CCNC(=O)c1sccc1N)C(C)C. The van der Waals surface area contributed by atoms with E-state index in [-0.39, 0.29) is 5.91 Å². The van der Waals surface area contributed by atoms with Crippen LogP contribution in [0.4, 0.5) is 5.69 Å². The molecule has 1 heterocycles. The van der Waals surface area contributed by atoms with Crippen molar-refractivity contribution in [2.24, 2.45) is 0 Å². The van der Waals surface area contributed by atoms with Gasteiger partial charge in [-0.1, -0.05) is 0 Å². The van der Waals surface area contributed by atoms with Crippen LogP contribution in [-0.2, 0) is 0 Å². The molecule has 102 valence electrons. The van der Waals surface area contributed by atoms with Crippen LogP contribution in [0.5, 0.6) is 0 Å². The second-order valence-corrected chi connectivity index (χ2v) is 5.80. The van der Waals surface area contributed by atoms with Crippen LogP contribution in [0, 0.1) is 0 Å². The Balaban J connectivity index is 2.42. The summed E-state index contributed by atoms with van der Waals surface area (Å²) >= 11 is 1.38. The average Bonchev–Trinajstić information content (AvgIpc) is 2.69. The van der Waals surface area contributed by atoms with Crippen LogP contribution in [0.1, 0.15) is 37.4 Å². The molecule has 1 amide bonds. The fourth-order valence-electron chi connectivity index (χ4n) is 2.00. The Bertz CT molecular complexity index is 379. The number of rotatable bonds is 6. The van der Waals surface area contributed by atoms with Crippen LogP contribution in [0.2, 0.25) is 0 Å². The van der Waals surface area contributed by atoms with Gasteiger partial charge in [-0.25, -0.2) is 0 Å². The summed E-state index contributed by atoms with van der Waals surface area (Å²) in [6.45, 7) is 10.2. The molecule has 1 aromatic heterocycles. The Kier molecular flexibility index (Phi) is 5.62. The molecule has 1 aromatic rings. The van der Waals surface area contributed by atoms with Gasteiger partial charge in [0.05, 0.1) is 5.69 Å². The monoisotopic (exact) mass is 269 g/mol. The van der Waals surface area contributed by atoms with E-state index in [1.165, 1.54) is 11.3 Å². The second kappa shape index (κ2) is 6.75. The number of carbonyl (C=O) groups is 1. The lowest BCUT2D eigenvalue weighted by atomic mass is 10.2. The van der Waals surface area contributed by atoms with Gasteiger partial charge in [-0.3, -0.25) is 9.69 Å². The largest absolute Gasteiger partial charge is 0.397 e. The molecular weight excluding hydrogens is 246 g/mol. The molecule has 1 rings (SSSR count). The zero-order valence-corrected chi connectivity index (χ0v) is 12.4. The molecule has 18 heavy (non-hydrogen) atoms. The Morgan fingerprint density at radius 1 is 1.39 bits per heavy atom. The van der Waals surface area contributed by atoms with E-state index in [0.717, 1.165) is 6.54 Å². The van der Waals surface area contributed by atoms with Crippen molar-refractivity contribution in [1.82, 2.24) is 10.2 Å². The quantitative estimate of drug-likeness (QED) is 0.832. The van der Waals surface area contributed by atoms with Gasteiger partial charge >= 0.3 is 0 Å². The molecule has 0 aliphatic carbocycles. The van der Waals surface area contributed by atoms with Crippen LogP contribution in [0.25, 0.3) is 0 Å². The van der Waals surface area contributed by atoms with Crippen LogP contribution >= 0.6 is 11.3 Å². The Hall–Kier alpha value is -1.07. The number of carbonyl (C=O) groups excluding carboxylic acids is 1. The molecule has 0 atom stereocenters. The van der Waals surface area contributed by atoms with Gasteiger partial charge in [-0.05, 0) is 39.1 Å². The summed E-state index contributed by atoms with van der Waals surface area (Å²) in [6, 6.07) is 2.72. The summed E-state index contributed by atoms with van der Waals surface area (Å²) in [5.74, 6) is -0.0741. The number of thiophene rings is 1. The van der Waals surface area contributed by atoms with Gasteiger partial charge in [-0.2, -0.15) is 0 Å². The summed E-state index contributed by atoms with van der Waals surface area (Å²) in [6.07, 6.45) is 0. The van der Waals surface area contributed by atoms with Crippen molar-refractivity contribution in [3.05, 3.63) is 16.3 Å². The minimum Gasteiger partial charge on any atom is -0.397 e. The Labute approximate surface area is 113 Å². The number of anilines is 1. The first-order valence-corrected chi connectivity index (χ1v) is 7.18. The van der Waals surface area contributed by atoms with Crippen molar-refractivity contribution < 1.29 is 4.79 Å². The highest BCUT2D eigenvalue weighted by atomic mass is 32.1. The fraction of sp³-hybridized carbons (Fsp3) is 0.615. The first-order chi connectivity index (χ1) is 8.43. The summed E-state index contributed by atoms with van der Waals surface area (Å²) in [5.41, 5.74) is 6.27. The topological polar surface area (TPSA) is 58.4 Å². The molecular formula is C13H23N3OS. The highest BCUT2D eigenvalue weighted by Crippen LogP contribution is 2.18. The number of nitrogens with zero attached hydrogens (tertiary/aromatic N) is 1. The number of hydrogen-bond acceptors (Lipinski definition) is 4. The second-order valence-electron chi connectivity index (χ2n) is 4.89. The third-order valence-electron chi connectivity index (χ3n) is 2.88. The van der Waals surface area contributed by atoms with Gasteiger partial charge in [-0.15, -0.1) is 11.3 Å². The van der Waals surface area contributed by atoms with E-state index in [0.29, 0.717) is 29.2 Å². The zero-order chi connectivity index (χ0) is 13.7. The number of nitrogens with one attached hydrogen (secondary N) is 1. The van der Waals surface area contributed by atoms with E-state index in [9.17, 15) is 4.79 Å².